The first-order valence-electron chi connectivity index (χ1n) is 7.29. The quantitative estimate of drug-likeness (QED) is 0.753. The van der Waals surface area contributed by atoms with Crippen molar-refractivity contribution in [2.24, 2.45) is 5.92 Å². The van der Waals surface area contributed by atoms with Crippen LogP contribution < -0.4 is 5.32 Å². The molecule has 1 aliphatic carbocycles. The molecule has 114 valence electrons. The summed E-state index contributed by atoms with van der Waals surface area (Å²) >= 11 is 0. The van der Waals surface area contributed by atoms with Crippen LogP contribution in [0.1, 0.15) is 31.2 Å². The highest BCUT2D eigenvalue weighted by molar-refractivity contribution is 5.76. The van der Waals surface area contributed by atoms with Crippen molar-refractivity contribution < 1.29 is 19.4 Å². The van der Waals surface area contributed by atoms with Crippen LogP contribution >= 0.6 is 0 Å². The standard InChI is InChI=1S/C16H21NO4/c18-15(17-14-7-6-13(10-14)16(19)20)8-9-21-11-12-4-2-1-3-5-12/h1-5,13-14H,6-11H2,(H,17,18)(H,19,20)/t13-,14+/m1/s1. The number of hydrogen-bond acceptors (Lipinski definition) is 3. The number of carbonyl (C=O) groups excluding carboxylic acids is 1. The Morgan fingerprint density at radius 1 is 1.24 bits per heavy atom. The molecule has 1 aliphatic rings. The molecule has 0 unspecified atom stereocenters. The van der Waals surface area contributed by atoms with Gasteiger partial charge in [0.05, 0.1) is 19.1 Å². The van der Waals surface area contributed by atoms with E-state index in [1.807, 2.05) is 30.3 Å². The van der Waals surface area contributed by atoms with E-state index < -0.39 is 5.97 Å². The highest BCUT2D eigenvalue weighted by Gasteiger charge is 2.30. The van der Waals surface area contributed by atoms with Crippen LogP contribution in [0.25, 0.3) is 0 Å². The van der Waals surface area contributed by atoms with E-state index in [9.17, 15) is 9.59 Å². The van der Waals surface area contributed by atoms with E-state index in [4.69, 9.17) is 9.84 Å². The number of carboxylic acids is 1. The Morgan fingerprint density at radius 3 is 2.67 bits per heavy atom. The third-order valence-electron chi connectivity index (χ3n) is 3.73. The monoisotopic (exact) mass is 291 g/mol. The van der Waals surface area contributed by atoms with Crippen molar-refractivity contribution in [2.75, 3.05) is 6.61 Å². The molecule has 0 aromatic heterocycles. The summed E-state index contributed by atoms with van der Waals surface area (Å²) in [6.07, 6.45) is 2.23. The average molecular weight is 291 g/mol. The number of benzene rings is 1. The fourth-order valence-corrected chi connectivity index (χ4v) is 2.57. The molecule has 5 nitrogen and oxygen atoms in total. The van der Waals surface area contributed by atoms with Crippen LogP contribution in [-0.2, 0) is 20.9 Å². The van der Waals surface area contributed by atoms with Crippen molar-refractivity contribution in [3.8, 4) is 0 Å². The molecule has 5 heteroatoms. The zero-order valence-electron chi connectivity index (χ0n) is 12.0. The van der Waals surface area contributed by atoms with E-state index in [1.54, 1.807) is 0 Å². The lowest BCUT2D eigenvalue weighted by Crippen LogP contribution is -2.33. The van der Waals surface area contributed by atoms with Gasteiger partial charge in [0.15, 0.2) is 0 Å². The molecule has 2 atom stereocenters. The predicted octanol–water partition coefficient (Wildman–Crippen LogP) is 1.96. The summed E-state index contributed by atoms with van der Waals surface area (Å²) in [6, 6.07) is 9.79. The van der Waals surface area contributed by atoms with Crippen LogP contribution in [0.4, 0.5) is 0 Å². The number of carboxylic acid groups (broad SMARTS) is 1. The second-order valence-corrected chi connectivity index (χ2v) is 5.40. The number of ether oxygens (including phenoxy) is 1. The smallest absolute Gasteiger partial charge is 0.306 e. The molecular weight excluding hydrogens is 270 g/mol. The third-order valence-corrected chi connectivity index (χ3v) is 3.73. The Bertz CT molecular complexity index is 474. The predicted molar refractivity (Wildman–Crippen MR) is 77.6 cm³/mol. The topological polar surface area (TPSA) is 75.6 Å². The zero-order chi connectivity index (χ0) is 15.1. The van der Waals surface area contributed by atoms with E-state index in [2.05, 4.69) is 5.32 Å². The summed E-state index contributed by atoms with van der Waals surface area (Å²) in [7, 11) is 0. The second kappa shape index (κ2) is 7.78. The number of amides is 1. The molecular formula is C16H21NO4. The van der Waals surface area contributed by atoms with Gasteiger partial charge in [-0.3, -0.25) is 9.59 Å². The van der Waals surface area contributed by atoms with Crippen molar-refractivity contribution in [1.29, 1.82) is 0 Å². The maximum Gasteiger partial charge on any atom is 0.306 e. The van der Waals surface area contributed by atoms with E-state index in [0.29, 0.717) is 32.5 Å². The minimum absolute atomic E-state index is 0.00674. The Balaban J connectivity index is 1.59. The van der Waals surface area contributed by atoms with Crippen molar-refractivity contribution in [3.63, 3.8) is 0 Å². The zero-order valence-corrected chi connectivity index (χ0v) is 12.0. The molecule has 0 radical (unpaired) electrons. The minimum atomic E-state index is -0.766. The Labute approximate surface area is 124 Å². The number of aliphatic carboxylic acids is 1. The molecule has 2 N–H and O–H groups in total. The van der Waals surface area contributed by atoms with Gasteiger partial charge in [-0.05, 0) is 24.8 Å². The summed E-state index contributed by atoms with van der Waals surface area (Å²) in [5.74, 6) is -1.15. The first kappa shape index (κ1) is 15.5. The fourth-order valence-electron chi connectivity index (χ4n) is 2.57. The van der Waals surface area contributed by atoms with E-state index in [-0.39, 0.29) is 17.9 Å². The molecule has 0 spiro atoms. The van der Waals surface area contributed by atoms with Gasteiger partial charge in [0.25, 0.3) is 0 Å². The Kier molecular flexibility index (Phi) is 5.75. The van der Waals surface area contributed by atoms with Gasteiger partial charge in [-0.15, -0.1) is 0 Å². The third kappa shape index (κ3) is 5.19. The van der Waals surface area contributed by atoms with Crippen LogP contribution in [0.2, 0.25) is 0 Å². The van der Waals surface area contributed by atoms with Gasteiger partial charge in [-0.1, -0.05) is 30.3 Å². The molecule has 1 saturated carbocycles. The lowest BCUT2D eigenvalue weighted by atomic mass is 10.1. The number of nitrogens with one attached hydrogen (secondary N) is 1. The summed E-state index contributed by atoms with van der Waals surface area (Å²) in [4.78, 5) is 22.6. The number of hydrogen-bond donors (Lipinski definition) is 2. The van der Waals surface area contributed by atoms with Gasteiger partial charge in [0.2, 0.25) is 5.91 Å². The molecule has 1 aromatic rings. The van der Waals surface area contributed by atoms with Crippen molar-refractivity contribution >= 4 is 11.9 Å². The Hall–Kier alpha value is -1.88. The molecule has 1 aromatic carbocycles. The van der Waals surface area contributed by atoms with Gasteiger partial charge in [-0.2, -0.15) is 0 Å². The molecule has 0 saturated heterocycles. The molecule has 2 rings (SSSR count). The van der Waals surface area contributed by atoms with Crippen LogP contribution in [0, 0.1) is 5.92 Å². The Morgan fingerprint density at radius 2 is 2.00 bits per heavy atom. The summed E-state index contributed by atoms with van der Waals surface area (Å²) < 4.78 is 5.46. The lowest BCUT2D eigenvalue weighted by molar-refractivity contribution is -0.141. The lowest BCUT2D eigenvalue weighted by Gasteiger charge is -2.12. The van der Waals surface area contributed by atoms with Crippen molar-refractivity contribution in [3.05, 3.63) is 35.9 Å². The van der Waals surface area contributed by atoms with Crippen LogP contribution in [0.3, 0.4) is 0 Å². The van der Waals surface area contributed by atoms with Crippen molar-refractivity contribution in [2.45, 2.75) is 38.3 Å². The number of carbonyl (C=O) groups is 2. The molecule has 1 amide bonds. The van der Waals surface area contributed by atoms with Crippen LogP contribution in [0.15, 0.2) is 30.3 Å². The maximum absolute atomic E-state index is 11.7. The SMILES string of the molecule is O=C(CCOCc1ccccc1)N[C@H]1CC[C@@H](C(=O)O)C1. The summed E-state index contributed by atoms with van der Waals surface area (Å²) in [5.41, 5.74) is 1.08. The second-order valence-electron chi connectivity index (χ2n) is 5.40. The van der Waals surface area contributed by atoms with Crippen LogP contribution in [-0.4, -0.2) is 29.6 Å². The van der Waals surface area contributed by atoms with Gasteiger partial charge in [0.1, 0.15) is 0 Å². The average Bonchev–Trinajstić information content (AvgIpc) is 2.93. The molecule has 0 heterocycles. The largest absolute Gasteiger partial charge is 0.481 e. The first-order valence-corrected chi connectivity index (χ1v) is 7.29. The fraction of sp³-hybridized carbons (Fsp3) is 0.500. The van der Waals surface area contributed by atoms with E-state index >= 15 is 0 Å². The van der Waals surface area contributed by atoms with Gasteiger partial charge < -0.3 is 15.2 Å². The van der Waals surface area contributed by atoms with Crippen molar-refractivity contribution in [1.82, 2.24) is 5.32 Å². The summed E-state index contributed by atoms with van der Waals surface area (Å²) in [5, 5.41) is 11.8. The highest BCUT2D eigenvalue weighted by atomic mass is 16.5. The molecule has 0 bridgehead atoms. The maximum atomic E-state index is 11.7. The van der Waals surface area contributed by atoms with E-state index in [0.717, 1.165) is 12.0 Å². The molecule has 1 fully saturated rings. The van der Waals surface area contributed by atoms with E-state index in [1.165, 1.54) is 0 Å². The summed E-state index contributed by atoms with van der Waals surface area (Å²) in [6.45, 7) is 0.869. The first-order chi connectivity index (χ1) is 10.1. The molecule has 0 aliphatic heterocycles. The van der Waals surface area contributed by atoms with Crippen LogP contribution in [0.5, 0.6) is 0 Å². The van der Waals surface area contributed by atoms with Gasteiger partial charge in [-0.25, -0.2) is 0 Å². The minimum Gasteiger partial charge on any atom is -0.481 e. The molecule has 21 heavy (non-hydrogen) atoms. The number of rotatable bonds is 7. The normalized spacial score (nSPS) is 21.1. The van der Waals surface area contributed by atoms with Gasteiger partial charge >= 0.3 is 5.97 Å². The van der Waals surface area contributed by atoms with Gasteiger partial charge in [0, 0.05) is 12.5 Å². The highest BCUT2D eigenvalue weighted by Crippen LogP contribution is 2.25.